The maximum Gasteiger partial charge on any atom is 0.349 e. The fourth-order valence-electron chi connectivity index (χ4n) is 3.84. The largest absolute Gasteiger partial charge is 0.390 e. The minimum absolute atomic E-state index is 0.175. The van der Waals surface area contributed by atoms with Gasteiger partial charge >= 0.3 is 8.56 Å². The maximum atomic E-state index is 12.5. The molecule has 5 heteroatoms. The van der Waals surface area contributed by atoms with Crippen LogP contribution in [0.25, 0.3) is 0 Å². The Morgan fingerprint density at radius 2 is 1.86 bits per heavy atom. The summed E-state index contributed by atoms with van der Waals surface area (Å²) in [6.45, 7) is 12.7. The third-order valence-electron chi connectivity index (χ3n) is 4.87. The van der Waals surface area contributed by atoms with E-state index in [9.17, 15) is 4.79 Å². The average molecular weight is 332 g/mol. The van der Waals surface area contributed by atoms with Crippen molar-refractivity contribution < 1.29 is 22.5 Å². The smallest absolute Gasteiger partial charge is 0.349 e. The quantitative estimate of drug-likeness (QED) is 0.682. The lowest BCUT2D eigenvalue weighted by Crippen LogP contribution is -2.70. The Bertz CT molecular complexity index is 521. The van der Waals surface area contributed by atoms with E-state index in [-0.39, 0.29) is 28.7 Å². The molecular formula is C17H32O4Si. The van der Waals surface area contributed by atoms with Gasteiger partial charge < -0.3 is 13.6 Å². The molecule has 0 unspecified atom stereocenters. The summed E-state index contributed by atoms with van der Waals surface area (Å²) in [6.07, 6.45) is -1.40. The normalized spacial score (nSPS) is 38.7. The molecule has 0 amide bonds. The monoisotopic (exact) mass is 331 g/mol. The Hall–Kier alpha value is -0.233. The van der Waals surface area contributed by atoms with Gasteiger partial charge in [-0.05, 0) is 13.3 Å². The summed E-state index contributed by atoms with van der Waals surface area (Å²) in [5, 5.41) is -0.351. The highest BCUT2D eigenvalue weighted by atomic mass is 28.4. The van der Waals surface area contributed by atoms with Gasteiger partial charge in [-0.1, -0.05) is 48.4 Å². The van der Waals surface area contributed by atoms with Crippen molar-refractivity contribution in [2.45, 2.75) is 96.0 Å². The van der Waals surface area contributed by atoms with Gasteiger partial charge in [-0.15, -0.1) is 0 Å². The van der Waals surface area contributed by atoms with E-state index in [1.54, 1.807) is 0 Å². The number of ketones is 1. The second kappa shape index (κ2) is 5.40. The Labute approximate surface area is 140 Å². The molecule has 0 aromatic carbocycles. The van der Waals surface area contributed by atoms with E-state index < -0.39 is 33.2 Å². The third kappa shape index (κ3) is 2.70. The first kappa shape index (κ1) is 14.1. The number of carbonyl (C=O) groups excluding carboxylic acids is 1. The number of carbonyl (C=O) groups is 1. The SMILES string of the molecule is [2H]C([2H])([2H])C[C@@H]1O[C@@]2(C)CO[Si](C(C)(C)C)(C(C)(C)C)O[C@@H]2CC1=O. The van der Waals surface area contributed by atoms with Crippen LogP contribution in [0.4, 0.5) is 0 Å². The zero-order valence-corrected chi connectivity index (χ0v) is 15.9. The zero-order chi connectivity index (χ0) is 19.5. The molecule has 0 N–H and O–H groups in total. The topological polar surface area (TPSA) is 44.8 Å². The molecule has 2 aliphatic heterocycles. The van der Waals surface area contributed by atoms with Gasteiger partial charge in [0.1, 0.15) is 11.7 Å². The summed E-state index contributed by atoms with van der Waals surface area (Å²) in [5.41, 5.74) is -0.795. The highest BCUT2D eigenvalue weighted by Crippen LogP contribution is 2.56. The number of hydrogen-bond donors (Lipinski definition) is 0. The number of fused-ring (bicyclic) bond motifs is 1. The van der Waals surface area contributed by atoms with E-state index in [2.05, 4.69) is 41.5 Å². The minimum Gasteiger partial charge on any atom is -0.390 e. The van der Waals surface area contributed by atoms with Gasteiger partial charge in [-0.3, -0.25) is 4.79 Å². The maximum absolute atomic E-state index is 12.5. The summed E-state index contributed by atoms with van der Waals surface area (Å²) in [5.74, 6) is -0.189. The molecule has 2 fully saturated rings. The van der Waals surface area contributed by atoms with Gasteiger partial charge in [0.05, 0.1) is 12.7 Å². The van der Waals surface area contributed by atoms with Crippen molar-refractivity contribution in [3.63, 3.8) is 0 Å². The fraction of sp³-hybridized carbons (Fsp3) is 0.941. The van der Waals surface area contributed by atoms with Crippen molar-refractivity contribution in [2.24, 2.45) is 0 Å². The lowest BCUT2D eigenvalue weighted by atomic mass is 9.89. The van der Waals surface area contributed by atoms with Gasteiger partial charge in [-0.2, -0.15) is 0 Å². The molecule has 0 aliphatic carbocycles. The van der Waals surface area contributed by atoms with Crippen molar-refractivity contribution in [3.8, 4) is 0 Å². The molecule has 0 radical (unpaired) electrons. The standard InChI is InChI=1S/C17H32O4Si/c1-9-13-12(18)10-14-17(8,20-13)11-19-22(21-14,15(2,3)4)16(5,6)7/h13-14H,9-11H2,1-8H3/t13-,14+,17-/m0/s1/i1D3. The third-order valence-corrected chi connectivity index (χ3v) is 9.99. The van der Waals surface area contributed by atoms with Crippen LogP contribution in [0.15, 0.2) is 0 Å². The van der Waals surface area contributed by atoms with E-state index >= 15 is 0 Å². The highest BCUT2D eigenvalue weighted by Gasteiger charge is 2.65. The van der Waals surface area contributed by atoms with E-state index in [4.69, 9.17) is 17.7 Å². The van der Waals surface area contributed by atoms with Crippen LogP contribution in [0.3, 0.4) is 0 Å². The Kier molecular flexibility index (Phi) is 3.47. The number of Topliss-reactive ketones (excluding diaryl/α,β-unsaturated/α-hetero) is 1. The van der Waals surface area contributed by atoms with Crippen LogP contribution in [0.1, 0.15) is 72.3 Å². The predicted molar refractivity (Wildman–Crippen MR) is 89.2 cm³/mol. The van der Waals surface area contributed by atoms with Crippen LogP contribution in [0.5, 0.6) is 0 Å². The molecule has 2 rings (SSSR count). The number of ether oxygens (including phenoxy) is 1. The zero-order valence-electron chi connectivity index (χ0n) is 17.9. The van der Waals surface area contributed by atoms with E-state index in [1.807, 2.05) is 6.92 Å². The predicted octanol–water partition coefficient (Wildman–Crippen LogP) is 3.97. The van der Waals surface area contributed by atoms with Gasteiger partial charge in [0, 0.05) is 20.6 Å². The first-order valence-electron chi connectivity index (χ1n) is 9.53. The number of rotatable bonds is 1. The van der Waals surface area contributed by atoms with Crippen LogP contribution in [0.2, 0.25) is 10.1 Å². The van der Waals surface area contributed by atoms with Crippen molar-refractivity contribution in [3.05, 3.63) is 0 Å². The van der Waals surface area contributed by atoms with Crippen molar-refractivity contribution in [1.29, 1.82) is 0 Å². The molecule has 2 heterocycles. The lowest BCUT2D eigenvalue weighted by molar-refractivity contribution is -0.215. The molecule has 4 nitrogen and oxygen atoms in total. The first-order valence-corrected chi connectivity index (χ1v) is 9.85. The second-order valence-corrected chi connectivity index (χ2v) is 13.6. The molecule has 0 aromatic rings. The van der Waals surface area contributed by atoms with Crippen molar-refractivity contribution in [1.82, 2.24) is 0 Å². The van der Waals surface area contributed by atoms with Gasteiger partial charge in [-0.25, -0.2) is 0 Å². The van der Waals surface area contributed by atoms with Crippen LogP contribution >= 0.6 is 0 Å². The van der Waals surface area contributed by atoms with Crippen LogP contribution in [-0.2, 0) is 18.4 Å². The van der Waals surface area contributed by atoms with E-state index in [0.717, 1.165) is 0 Å². The molecule has 0 aromatic heterocycles. The molecule has 0 spiro atoms. The number of hydrogen-bond acceptors (Lipinski definition) is 4. The molecule has 3 atom stereocenters. The fourth-order valence-corrected chi connectivity index (χ4v) is 8.95. The van der Waals surface area contributed by atoms with Gasteiger partial charge in [0.15, 0.2) is 5.78 Å². The second-order valence-electron chi connectivity index (χ2n) is 8.81. The van der Waals surface area contributed by atoms with Crippen molar-refractivity contribution >= 4 is 14.3 Å². The summed E-state index contributed by atoms with van der Waals surface area (Å²) >= 11 is 0. The van der Waals surface area contributed by atoms with Crippen molar-refractivity contribution in [2.75, 3.05) is 6.61 Å². The summed E-state index contributed by atoms with van der Waals surface area (Å²) in [4.78, 5) is 12.5. The molecular weight excluding hydrogens is 296 g/mol. The molecule has 128 valence electrons. The molecule has 0 saturated carbocycles. The molecule has 2 saturated heterocycles. The molecule has 0 bridgehead atoms. The minimum atomic E-state index is -2.68. The van der Waals surface area contributed by atoms with Crippen LogP contribution in [0, 0.1) is 0 Å². The Morgan fingerprint density at radius 1 is 1.27 bits per heavy atom. The summed E-state index contributed by atoms with van der Waals surface area (Å²) in [7, 11) is -2.68. The van der Waals surface area contributed by atoms with Crippen LogP contribution in [-0.4, -0.2) is 38.8 Å². The van der Waals surface area contributed by atoms with Crippen LogP contribution < -0.4 is 0 Å². The van der Waals surface area contributed by atoms with E-state index in [1.165, 1.54) is 0 Å². The highest BCUT2D eigenvalue weighted by molar-refractivity contribution is 6.73. The first-order chi connectivity index (χ1) is 11.0. The Balaban J connectivity index is 2.30. The Morgan fingerprint density at radius 3 is 2.36 bits per heavy atom. The lowest BCUT2D eigenvalue weighted by Gasteiger charge is -2.58. The van der Waals surface area contributed by atoms with Gasteiger partial charge in [0.25, 0.3) is 0 Å². The van der Waals surface area contributed by atoms with Gasteiger partial charge in [0.2, 0.25) is 0 Å². The summed E-state index contributed by atoms with van der Waals surface area (Å²) < 4.78 is 41.2. The molecule has 22 heavy (non-hydrogen) atoms. The summed E-state index contributed by atoms with van der Waals surface area (Å²) in [6, 6.07) is 0. The van der Waals surface area contributed by atoms with E-state index in [0.29, 0.717) is 6.61 Å². The average Bonchev–Trinajstić information content (AvgIpc) is 2.35. The molecule has 2 aliphatic rings.